The van der Waals surface area contributed by atoms with Crippen molar-refractivity contribution < 1.29 is 4.79 Å². The molecule has 0 heterocycles. The van der Waals surface area contributed by atoms with E-state index in [1.165, 1.54) is 0 Å². The summed E-state index contributed by atoms with van der Waals surface area (Å²) in [5.74, 6) is -0.353. The fourth-order valence-corrected chi connectivity index (χ4v) is 1.28. The summed E-state index contributed by atoms with van der Waals surface area (Å²) in [6.07, 6.45) is 0.263. The van der Waals surface area contributed by atoms with Crippen molar-refractivity contribution in [1.82, 2.24) is 0 Å². The smallest absolute Gasteiger partial charge is 0.219 e. The number of rotatable bonds is 4. The van der Waals surface area contributed by atoms with Crippen LogP contribution >= 0.6 is 0 Å². The number of anilines is 1. The second kappa shape index (κ2) is 5.01. The molecule has 0 radical (unpaired) electrons. The number of primary amides is 1. The van der Waals surface area contributed by atoms with Crippen molar-refractivity contribution in [3.63, 3.8) is 0 Å². The predicted octanol–water partition coefficient (Wildman–Crippen LogP) is 1.15. The molecule has 1 rings (SSSR count). The minimum Gasteiger partial charge on any atom is -0.383 e. The van der Waals surface area contributed by atoms with Crippen molar-refractivity contribution in [2.24, 2.45) is 5.73 Å². The first-order chi connectivity index (χ1) is 7.15. The molecule has 1 aromatic carbocycles. The zero-order valence-electron chi connectivity index (χ0n) is 8.58. The molecule has 0 unspecified atom stereocenters. The van der Waals surface area contributed by atoms with Gasteiger partial charge in [-0.15, -0.1) is 0 Å². The molecule has 15 heavy (non-hydrogen) atoms. The molecule has 0 aliphatic carbocycles. The highest BCUT2D eigenvalue weighted by atomic mass is 16.1. The van der Waals surface area contributed by atoms with Crippen LogP contribution in [0.5, 0.6) is 0 Å². The van der Waals surface area contributed by atoms with Crippen LogP contribution in [0, 0.1) is 18.3 Å². The number of nitrogens with one attached hydrogen (secondary N) is 1. The van der Waals surface area contributed by atoms with E-state index in [2.05, 4.69) is 11.4 Å². The number of benzene rings is 1. The van der Waals surface area contributed by atoms with Gasteiger partial charge in [0.2, 0.25) is 5.91 Å². The number of nitrogens with two attached hydrogens (primary N) is 1. The van der Waals surface area contributed by atoms with Crippen LogP contribution in [0.2, 0.25) is 0 Å². The van der Waals surface area contributed by atoms with Gasteiger partial charge in [-0.1, -0.05) is 12.1 Å². The SMILES string of the molecule is Cc1cccc(NCCC(N)=O)c1C#N. The van der Waals surface area contributed by atoms with Gasteiger partial charge in [0, 0.05) is 13.0 Å². The molecule has 0 fully saturated rings. The molecule has 0 aliphatic heterocycles. The van der Waals surface area contributed by atoms with Gasteiger partial charge in [-0.2, -0.15) is 5.26 Å². The van der Waals surface area contributed by atoms with E-state index in [4.69, 9.17) is 11.0 Å². The summed E-state index contributed by atoms with van der Waals surface area (Å²) in [6, 6.07) is 7.67. The second-order valence-corrected chi connectivity index (χ2v) is 3.25. The van der Waals surface area contributed by atoms with Gasteiger partial charge in [0.1, 0.15) is 6.07 Å². The van der Waals surface area contributed by atoms with Crippen molar-refractivity contribution in [3.05, 3.63) is 29.3 Å². The average Bonchev–Trinajstić information content (AvgIpc) is 2.17. The van der Waals surface area contributed by atoms with Crippen LogP contribution < -0.4 is 11.1 Å². The Morgan fingerprint density at radius 1 is 1.60 bits per heavy atom. The maximum atomic E-state index is 10.5. The molecule has 1 aromatic rings. The van der Waals surface area contributed by atoms with Gasteiger partial charge >= 0.3 is 0 Å². The lowest BCUT2D eigenvalue weighted by atomic mass is 10.1. The van der Waals surface area contributed by atoms with Crippen molar-refractivity contribution in [2.75, 3.05) is 11.9 Å². The van der Waals surface area contributed by atoms with E-state index in [-0.39, 0.29) is 12.3 Å². The predicted molar refractivity (Wildman–Crippen MR) is 58.2 cm³/mol. The molecule has 0 saturated carbocycles. The van der Waals surface area contributed by atoms with Crippen LogP contribution in [0.25, 0.3) is 0 Å². The second-order valence-electron chi connectivity index (χ2n) is 3.25. The van der Waals surface area contributed by atoms with Crippen LogP contribution in [0.15, 0.2) is 18.2 Å². The van der Waals surface area contributed by atoms with E-state index in [0.717, 1.165) is 11.3 Å². The Morgan fingerprint density at radius 3 is 2.93 bits per heavy atom. The van der Waals surface area contributed by atoms with Gasteiger partial charge < -0.3 is 11.1 Å². The van der Waals surface area contributed by atoms with Crippen molar-refractivity contribution in [1.29, 1.82) is 5.26 Å². The summed E-state index contributed by atoms with van der Waals surface area (Å²) in [4.78, 5) is 10.5. The Bertz CT molecular complexity index is 407. The summed E-state index contributed by atoms with van der Waals surface area (Å²) >= 11 is 0. The molecular formula is C11H13N3O. The van der Waals surface area contributed by atoms with Gasteiger partial charge in [-0.05, 0) is 18.6 Å². The molecule has 3 N–H and O–H groups in total. The molecule has 4 nitrogen and oxygen atoms in total. The van der Waals surface area contributed by atoms with Crippen molar-refractivity contribution >= 4 is 11.6 Å². The summed E-state index contributed by atoms with van der Waals surface area (Å²) in [7, 11) is 0. The van der Waals surface area contributed by atoms with E-state index in [1.54, 1.807) is 0 Å². The molecule has 0 aliphatic rings. The molecule has 1 amide bonds. The van der Waals surface area contributed by atoms with Crippen molar-refractivity contribution in [3.8, 4) is 6.07 Å². The third-order valence-corrected chi connectivity index (χ3v) is 2.07. The number of hydrogen-bond donors (Lipinski definition) is 2. The number of nitrogens with zero attached hydrogens (tertiary/aromatic N) is 1. The van der Waals surface area contributed by atoms with Crippen LogP contribution in [-0.2, 0) is 4.79 Å². The standard InChI is InChI=1S/C11H13N3O/c1-8-3-2-4-10(9(8)7-12)14-6-5-11(13)15/h2-4,14H,5-6H2,1H3,(H2,13,15). The fraction of sp³-hybridized carbons (Fsp3) is 0.273. The van der Waals surface area contributed by atoms with E-state index in [9.17, 15) is 4.79 Å². The summed E-state index contributed by atoms with van der Waals surface area (Å²) in [5, 5.41) is 11.9. The number of carbonyl (C=O) groups is 1. The number of aryl methyl sites for hydroxylation is 1. The monoisotopic (exact) mass is 203 g/mol. The maximum absolute atomic E-state index is 10.5. The largest absolute Gasteiger partial charge is 0.383 e. The van der Waals surface area contributed by atoms with Gasteiger partial charge in [0.05, 0.1) is 11.3 Å². The third-order valence-electron chi connectivity index (χ3n) is 2.07. The van der Waals surface area contributed by atoms with Crippen LogP contribution in [0.1, 0.15) is 17.5 Å². The van der Waals surface area contributed by atoms with Gasteiger partial charge in [0.25, 0.3) is 0 Å². The van der Waals surface area contributed by atoms with Crippen LogP contribution in [0.4, 0.5) is 5.69 Å². The average molecular weight is 203 g/mol. The van der Waals surface area contributed by atoms with Crippen molar-refractivity contribution in [2.45, 2.75) is 13.3 Å². The quantitative estimate of drug-likeness (QED) is 0.770. The number of amides is 1. The number of hydrogen-bond acceptors (Lipinski definition) is 3. The Balaban J connectivity index is 2.73. The number of carbonyl (C=O) groups excluding carboxylic acids is 1. The molecule has 0 bridgehead atoms. The molecule has 0 spiro atoms. The van der Waals surface area contributed by atoms with E-state index in [1.807, 2.05) is 25.1 Å². The normalized spacial score (nSPS) is 9.33. The lowest BCUT2D eigenvalue weighted by Gasteiger charge is -2.08. The molecule has 0 saturated heterocycles. The van der Waals surface area contributed by atoms with Gasteiger partial charge in [-0.3, -0.25) is 4.79 Å². The first-order valence-electron chi connectivity index (χ1n) is 4.67. The van der Waals surface area contributed by atoms with E-state index >= 15 is 0 Å². The third kappa shape index (κ3) is 2.99. The number of nitriles is 1. The Hall–Kier alpha value is -2.02. The summed E-state index contributed by atoms with van der Waals surface area (Å²) < 4.78 is 0. The van der Waals surface area contributed by atoms with Crippen LogP contribution in [0.3, 0.4) is 0 Å². The zero-order chi connectivity index (χ0) is 11.3. The molecular weight excluding hydrogens is 190 g/mol. The maximum Gasteiger partial charge on any atom is 0.219 e. The molecule has 4 heteroatoms. The Kier molecular flexibility index (Phi) is 3.69. The topological polar surface area (TPSA) is 78.9 Å². The highest BCUT2D eigenvalue weighted by molar-refractivity contribution is 5.74. The van der Waals surface area contributed by atoms with Gasteiger partial charge in [-0.25, -0.2) is 0 Å². The Morgan fingerprint density at radius 2 is 2.33 bits per heavy atom. The zero-order valence-corrected chi connectivity index (χ0v) is 8.58. The minimum atomic E-state index is -0.353. The first-order valence-corrected chi connectivity index (χ1v) is 4.67. The minimum absolute atomic E-state index is 0.263. The lowest BCUT2D eigenvalue weighted by molar-refractivity contribution is -0.117. The van der Waals surface area contributed by atoms with Crippen LogP contribution in [-0.4, -0.2) is 12.5 Å². The van der Waals surface area contributed by atoms with E-state index < -0.39 is 0 Å². The first kappa shape index (κ1) is 11.1. The van der Waals surface area contributed by atoms with Gasteiger partial charge in [0.15, 0.2) is 0 Å². The summed E-state index contributed by atoms with van der Waals surface area (Å²) in [6.45, 7) is 2.32. The highest BCUT2D eigenvalue weighted by Gasteiger charge is 2.03. The molecule has 0 atom stereocenters. The fourth-order valence-electron chi connectivity index (χ4n) is 1.28. The Labute approximate surface area is 88.7 Å². The molecule has 78 valence electrons. The van der Waals surface area contributed by atoms with E-state index in [0.29, 0.717) is 12.1 Å². The lowest BCUT2D eigenvalue weighted by Crippen LogP contribution is -2.16. The molecule has 0 aromatic heterocycles. The highest BCUT2D eigenvalue weighted by Crippen LogP contribution is 2.17. The summed E-state index contributed by atoms with van der Waals surface area (Å²) in [5.41, 5.74) is 7.29.